The quantitative estimate of drug-likeness (QED) is 0.916. The number of rotatable bonds is 5. The van der Waals surface area contributed by atoms with Gasteiger partial charge in [0.15, 0.2) is 0 Å². The second-order valence-electron chi connectivity index (χ2n) is 4.83. The molecule has 0 saturated carbocycles. The fourth-order valence-corrected chi connectivity index (χ4v) is 2.08. The molecule has 1 atom stereocenters. The first-order valence-electron chi connectivity index (χ1n) is 6.77. The number of carbonyl (C=O) groups excluding carboxylic acids is 1. The van der Waals surface area contributed by atoms with E-state index >= 15 is 0 Å². The van der Waals surface area contributed by atoms with Crippen LogP contribution in [-0.4, -0.2) is 13.0 Å². The van der Waals surface area contributed by atoms with Crippen molar-refractivity contribution in [2.24, 2.45) is 0 Å². The van der Waals surface area contributed by atoms with E-state index in [1.807, 2.05) is 31.2 Å². The highest BCUT2D eigenvalue weighted by Crippen LogP contribution is 2.17. The Morgan fingerprint density at radius 2 is 1.86 bits per heavy atom. The summed E-state index contributed by atoms with van der Waals surface area (Å²) in [5.41, 5.74) is 1.37. The van der Waals surface area contributed by atoms with E-state index in [1.165, 1.54) is 6.07 Å². The maximum Gasteiger partial charge on any atom is 0.225 e. The average molecular weight is 287 g/mol. The van der Waals surface area contributed by atoms with Gasteiger partial charge in [0.25, 0.3) is 0 Å². The van der Waals surface area contributed by atoms with Crippen LogP contribution in [0.1, 0.15) is 24.1 Å². The van der Waals surface area contributed by atoms with Gasteiger partial charge in [0.1, 0.15) is 11.6 Å². The molecule has 1 unspecified atom stereocenters. The Hall–Kier alpha value is -2.36. The summed E-state index contributed by atoms with van der Waals surface area (Å²) in [6.07, 6.45) is 0.0349. The van der Waals surface area contributed by atoms with Crippen LogP contribution in [-0.2, 0) is 11.2 Å². The van der Waals surface area contributed by atoms with Gasteiger partial charge in [-0.1, -0.05) is 30.3 Å². The number of carbonyl (C=O) groups is 1. The number of hydrogen-bond donors (Lipinski definition) is 1. The lowest BCUT2D eigenvalue weighted by Gasteiger charge is -2.15. The van der Waals surface area contributed by atoms with Crippen LogP contribution in [0.3, 0.4) is 0 Å². The summed E-state index contributed by atoms with van der Waals surface area (Å²) in [6.45, 7) is 1.89. The van der Waals surface area contributed by atoms with Gasteiger partial charge in [-0.2, -0.15) is 0 Å². The molecule has 0 aliphatic rings. The maximum absolute atomic E-state index is 13.5. The minimum Gasteiger partial charge on any atom is -0.497 e. The lowest BCUT2D eigenvalue weighted by molar-refractivity contribution is -0.121. The van der Waals surface area contributed by atoms with Crippen LogP contribution in [0, 0.1) is 5.82 Å². The van der Waals surface area contributed by atoms with E-state index in [-0.39, 0.29) is 24.2 Å². The summed E-state index contributed by atoms with van der Waals surface area (Å²) in [5.74, 6) is 0.205. The van der Waals surface area contributed by atoms with Gasteiger partial charge in [-0.05, 0) is 36.2 Å². The Morgan fingerprint density at radius 1 is 1.19 bits per heavy atom. The van der Waals surface area contributed by atoms with Crippen molar-refractivity contribution in [2.45, 2.75) is 19.4 Å². The Labute approximate surface area is 123 Å². The molecule has 0 saturated heterocycles. The van der Waals surface area contributed by atoms with E-state index in [2.05, 4.69) is 5.32 Å². The number of methoxy groups -OCH3 is 1. The fourth-order valence-electron chi connectivity index (χ4n) is 2.08. The molecule has 0 radical (unpaired) electrons. The highest BCUT2D eigenvalue weighted by Gasteiger charge is 2.12. The monoisotopic (exact) mass is 287 g/mol. The summed E-state index contributed by atoms with van der Waals surface area (Å²) < 4.78 is 18.6. The normalized spacial score (nSPS) is 11.8. The van der Waals surface area contributed by atoms with Gasteiger partial charge in [-0.15, -0.1) is 0 Å². The van der Waals surface area contributed by atoms with Crippen LogP contribution in [0.25, 0.3) is 0 Å². The van der Waals surface area contributed by atoms with E-state index in [9.17, 15) is 9.18 Å². The van der Waals surface area contributed by atoms with E-state index in [0.29, 0.717) is 5.56 Å². The van der Waals surface area contributed by atoms with Gasteiger partial charge in [-0.3, -0.25) is 4.79 Å². The van der Waals surface area contributed by atoms with Crippen LogP contribution < -0.4 is 10.1 Å². The second-order valence-corrected chi connectivity index (χ2v) is 4.83. The zero-order valence-corrected chi connectivity index (χ0v) is 12.1. The first kappa shape index (κ1) is 15.0. The SMILES string of the molecule is COc1ccc(C(C)NC(=O)Cc2ccccc2F)cc1. The standard InChI is InChI=1S/C17H18FNO2/c1-12(13-7-9-15(21-2)10-8-13)19-17(20)11-14-5-3-4-6-16(14)18/h3-10,12H,11H2,1-2H3,(H,19,20). The molecule has 21 heavy (non-hydrogen) atoms. The molecular formula is C17H18FNO2. The van der Waals surface area contributed by atoms with E-state index in [0.717, 1.165) is 11.3 Å². The van der Waals surface area contributed by atoms with Gasteiger partial charge in [0, 0.05) is 0 Å². The lowest BCUT2D eigenvalue weighted by Crippen LogP contribution is -2.28. The molecule has 110 valence electrons. The van der Waals surface area contributed by atoms with Crippen LogP contribution in [0.15, 0.2) is 48.5 Å². The Kier molecular flexibility index (Phi) is 4.93. The Bertz CT molecular complexity index is 610. The molecule has 0 spiro atoms. The fraction of sp³-hybridized carbons (Fsp3) is 0.235. The second kappa shape index (κ2) is 6.88. The smallest absolute Gasteiger partial charge is 0.225 e. The molecular weight excluding hydrogens is 269 g/mol. The number of nitrogens with one attached hydrogen (secondary N) is 1. The van der Waals surface area contributed by atoms with Crippen molar-refractivity contribution in [3.05, 3.63) is 65.5 Å². The summed E-state index contributed by atoms with van der Waals surface area (Å²) in [5, 5.41) is 2.86. The van der Waals surface area contributed by atoms with Crippen molar-refractivity contribution >= 4 is 5.91 Å². The molecule has 1 N–H and O–H groups in total. The minimum absolute atomic E-state index is 0.0349. The van der Waals surface area contributed by atoms with Gasteiger partial charge < -0.3 is 10.1 Å². The minimum atomic E-state index is -0.357. The van der Waals surface area contributed by atoms with Crippen molar-refractivity contribution in [1.82, 2.24) is 5.32 Å². The zero-order valence-electron chi connectivity index (χ0n) is 12.1. The average Bonchev–Trinajstić information content (AvgIpc) is 2.49. The first-order valence-corrected chi connectivity index (χ1v) is 6.77. The molecule has 2 rings (SSSR count). The molecule has 1 amide bonds. The van der Waals surface area contributed by atoms with Gasteiger partial charge >= 0.3 is 0 Å². The molecule has 0 bridgehead atoms. The largest absolute Gasteiger partial charge is 0.497 e. The number of benzene rings is 2. The molecule has 0 aliphatic carbocycles. The van der Waals surface area contributed by atoms with Crippen molar-refractivity contribution in [1.29, 1.82) is 0 Å². The van der Waals surface area contributed by atoms with Crippen molar-refractivity contribution in [2.75, 3.05) is 7.11 Å². The summed E-state index contributed by atoms with van der Waals surface area (Å²) in [6, 6.07) is 13.6. The molecule has 3 nitrogen and oxygen atoms in total. The summed E-state index contributed by atoms with van der Waals surface area (Å²) >= 11 is 0. The van der Waals surface area contributed by atoms with Crippen molar-refractivity contribution in [3.63, 3.8) is 0 Å². The Morgan fingerprint density at radius 3 is 2.48 bits per heavy atom. The molecule has 4 heteroatoms. The van der Waals surface area contributed by atoms with E-state index in [4.69, 9.17) is 4.74 Å². The van der Waals surface area contributed by atoms with Crippen molar-refractivity contribution < 1.29 is 13.9 Å². The van der Waals surface area contributed by atoms with Gasteiger partial charge in [-0.25, -0.2) is 4.39 Å². The van der Waals surface area contributed by atoms with E-state index < -0.39 is 0 Å². The summed E-state index contributed by atoms with van der Waals surface area (Å²) in [4.78, 5) is 12.0. The molecule has 2 aromatic rings. The number of hydrogen-bond acceptors (Lipinski definition) is 2. The van der Waals surface area contributed by atoms with Crippen molar-refractivity contribution in [3.8, 4) is 5.75 Å². The van der Waals surface area contributed by atoms with Gasteiger partial charge in [0.05, 0.1) is 19.6 Å². The predicted molar refractivity (Wildman–Crippen MR) is 79.7 cm³/mol. The van der Waals surface area contributed by atoms with Crippen LogP contribution >= 0.6 is 0 Å². The Balaban J connectivity index is 1.97. The van der Waals surface area contributed by atoms with E-state index in [1.54, 1.807) is 25.3 Å². The molecule has 0 heterocycles. The van der Waals surface area contributed by atoms with Crippen LogP contribution in [0.2, 0.25) is 0 Å². The number of amides is 1. The maximum atomic E-state index is 13.5. The molecule has 0 aromatic heterocycles. The third-order valence-electron chi connectivity index (χ3n) is 3.30. The predicted octanol–water partition coefficient (Wildman–Crippen LogP) is 3.25. The first-order chi connectivity index (χ1) is 10.1. The third kappa shape index (κ3) is 4.05. The summed E-state index contributed by atoms with van der Waals surface area (Å²) in [7, 11) is 1.61. The molecule has 0 fully saturated rings. The number of halogens is 1. The highest BCUT2D eigenvalue weighted by atomic mass is 19.1. The zero-order chi connectivity index (χ0) is 15.2. The number of ether oxygens (including phenoxy) is 1. The topological polar surface area (TPSA) is 38.3 Å². The highest BCUT2D eigenvalue weighted by molar-refractivity contribution is 5.79. The van der Waals surface area contributed by atoms with Crippen LogP contribution in [0.4, 0.5) is 4.39 Å². The molecule has 0 aliphatic heterocycles. The molecule has 2 aromatic carbocycles. The third-order valence-corrected chi connectivity index (χ3v) is 3.30. The van der Waals surface area contributed by atoms with Gasteiger partial charge in [0.2, 0.25) is 5.91 Å². The van der Waals surface area contributed by atoms with Crippen LogP contribution in [0.5, 0.6) is 5.75 Å². The lowest BCUT2D eigenvalue weighted by atomic mass is 10.1.